The first-order chi connectivity index (χ1) is 7.49. The van der Waals surface area contributed by atoms with Gasteiger partial charge >= 0.3 is 0 Å². The minimum Gasteiger partial charge on any atom is -0.396 e. The zero-order valence-electron chi connectivity index (χ0n) is 9.29. The molecule has 0 saturated heterocycles. The van der Waals surface area contributed by atoms with Gasteiger partial charge in [0, 0.05) is 5.69 Å². The van der Waals surface area contributed by atoms with E-state index in [0.717, 1.165) is 0 Å². The van der Waals surface area contributed by atoms with Gasteiger partial charge in [-0.15, -0.1) is 0 Å². The highest BCUT2D eigenvalue weighted by Crippen LogP contribution is 2.16. The summed E-state index contributed by atoms with van der Waals surface area (Å²) < 4.78 is 17.9. The fourth-order valence-corrected chi connectivity index (χ4v) is 1.06. The predicted molar refractivity (Wildman–Crippen MR) is 60.5 cm³/mol. The highest BCUT2D eigenvalue weighted by atomic mass is 19.1. The minimum atomic E-state index is -0.503. The molecule has 0 aliphatic carbocycles. The molecule has 1 rings (SSSR count). The van der Waals surface area contributed by atoms with Crippen LogP contribution in [0.25, 0.3) is 0 Å². The fraction of sp³-hybridized carbons (Fsp3) is 0.364. The lowest BCUT2D eigenvalue weighted by Gasteiger charge is -2.08. The molecule has 3 N–H and O–H groups in total. The summed E-state index contributed by atoms with van der Waals surface area (Å²) in [5, 5.41) is 2.55. The summed E-state index contributed by atoms with van der Waals surface area (Å²) >= 11 is 0. The number of anilines is 2. The molecule has 1 amide bonds. The normalized spacial score (nSPS) is 10.5. The molecule has 0 radical (unpaired) electrons. The Hall–Kier alpha value is -1.62. The first-order valence-corrected chi connectivity index (χ1v) is 4.95. The van der Waals surface area contributed by atoms with Gasteiger partial charge in [0.25, 0.3) is 0 Å². The van der Waals surface area contributed by atoms with Gasteiger partial charge in [0.05, 0.1) is 11.8 Å². The molecule has 1 aromatic rings. The molecule has 0 unspecified atom stereocenters. The molecule has 0 aromatic heterocycles. The maximum absolute atomic E-state index is 12.8. The SMILES string of the molecule is CC(C)OCC(=O)Nc1ccc(F)c(N)c1. The van der Waals surface area contributed by atoms with Crippen molar-refractivity contribution in [3.63, 3.8) is 0 Å². The predicted octanol–water partition coefficient (Wildman–Crippen LogP) is 1.77. The van der Waals surface area contributed by atoms with Crippen LogP contribution >= 0.6 is 0 Å². The van der Waals surface area contributed by atoms with Crippen LogP contribution in [0.5, 0.6) is 0 Å². The molecule has 0 bridgehead atoms. The number of halogens is 1. The van der Waals surface area contributed by atoms with Crippen molar-refractivity contribution in [1.82, 2.24) is 0 Å². The van der Waals surface area contributed by atoms with Crippen LogP contribution in [-0.4, -0.2) is 18.6 Å². The molecule has 16 heavy (non-hydrogen) atoms. The van der Waals surface area contributed by atoms with E-state index in [1.807, 2.05) is 13.8 Å². The zero-order chi connectivity index (χ0) is 12.1. The maximum atomic E-state index is 12.8. The number of hydrogen-bond donors (Lipinski definition) is 2. The first kappa shape index (κ1) is 12.4. The number of benzene rings is 1. The van der Waals surface area contributed by atoms with E-state index in [-0.39, 0.29) is 24.3 Å². The Balaban J connectivity index is 2.53. The Bertz CT molecular complexity index is 380. The van der Waals surface area contributed by atoms with Crippen molar-refractivity contribution in [3.8, 4) is 0 Å². The van der Waals surface area contributed by atoms with Crippen molar-refractivity contribution in [2.24, 2.45) is 0 Å². The molecular weight excluding hydrogens is 211 g/mol. The Labute approximate surface area is 93.6 Å². The topological polar surface area (TPSA) is 64.3 Å². The molecule has 5 heteroatoms. The van der Waals surface area contributed by atoms with Gasteiger partial charge in [-0.3, -0.25) is 4.79 Å². The largest absolute Gasteiger partial charge is 0.396 e. The maximum Gasteiger partial charge on any atom is 0.250 e. The molecule has 0 atom stereocenters. The monoisotopic (exact) mass is 226 g/mol. The van der Waals surface area contributed by atoms with Gasteiger partial charge in [-0.25, -0.2) is 4.39 Å². The van der Waals surface area contributed by atoms with Crippen LogP contribution in [0.4, 0.5) is 15.8 Å². The summed E-state index contributed by atoms with van der Waals surface area (Å²) in [5.74, 6) is -0.795. The third-order valence-electron chi connectivity index (χ3n) is 1.83. The number of nitrogen functional groups attached to an aromatic ring is 1. The molecular formula is C11H15FN2O2. The fourth-order valence-electron chi connectivity index (χ4n) is 1.06. The second-order valence-electron chi connectivity index (χ2n) is 3.64. The standard InChI is InChI=1S/C11H15FN2O2/c1-7(2)16-6-11(15)14-8-3-4-9(12)10(13)5-8/h3-5,7H,6,13H2,1-2H3,(H,14,15). The Morgan fingerprint density at radius 3 is 2.81 bits per heavy atom. The molecule has 0 aliphatic heterocycles. The van der Waals surface area contributed by atoms with Gasteiger partial charge in [0.2, 0.25) is 5.91 Å². The van der Waals surface area contributed by atoms with E-state index in [0.29, 0.717) is 5.69 Å². The summed E-state index contributed by atoms with van der Waals surface area (Å²) in [6, 6.07) is 4.01. The van der Waals surface area contributed by atoms with Gasteiger partial charge in [-0.05, 0) is 32.0 Å². The Morgan fingerprint density at radius 1 is 1.56 bits per heavy atom. The van der Waals surface area contributed by atoms with Crippen LogP contribution in [0.1, 0.15) is 13.8 Å². The lowest BCUT2D eigenvalue weighted by atomic mass is 10.2. The van der Waals surface area contributed by atoms with Crippen molar-refractivity contribution in [2.75, 3.05) is 17.7 Å². The van der Waals surface area contributed by atoms with Gasteiger partial charge in [-0.1, -0.05) is 0 Å². The number of hydrogen-bond acceptors (Lipinski definition) is 3. The van der Waals surface area contributed by atoms with Crippen molar-refractivity contribution in [2.45, 2.75) is 20.0 Å². The third-order valence-corrected chi connectivity index (χ3v) is 1.83. The summed E-state index contributed by atoms with van der Waals surface area (Å²) in [4.78, 5) is 11.3. The summed E-state index contributed by atoms with van der Waals surface area (Å²) in [5.41, 5.74) is 5.82. The van der Waals surface area contributed by atoms with Crippen LogP contribution in [0.2, 0.25) is 0 Å². The van der Waals surface area contributed by atoms with E-state index in [2.05, 4.69) is 5.32 Å². The number of amides is 1. The molecule has 88 valence electrons. The van der Waals surface area contributed by atoms with Crippen LogP contribution in [0.3, 0.4) is 0 Å². The molecule has 0 heterocycles. The molecule has 0 aliphatic rings. The Morgan fingerprint density at radius 2 is 2.25 bits per heavy atom. The van der Waals surface area contributed by atoms with Crippen LogP contribution in [0.15, 0.2) is 18.2 Å². The second kappa shape index (κ2) is 5.46. The third kappa shape index (κ3) is 3.86. The quantitative estimate of drug-likeness (QED) is 0.769. The smallest absolute Gasteiger partial charge is 0.250 e. The summed E-state index contributed by atoms with van der Waals surface area (Å²) in [6.45, 7) is 3.64. The second-order valence-corrected chi connectivity index (χ2v) is 3.64. The van der Waals surface area contributed by atoms with Crippen LogP contribution < -0.4 is 11.1 Å². The lowest BCUT2D eigenvalue weighted by Crippen LogP contribution is -2.20. The van der Waals surface area contributed by atoms with E-state index in [9.17, 15) is 9.18 Å². The van der Waals surface area contributed by atoms with Gasteiger partial charge in [0.15, 0.2) is 0 Å². The number of nitrogens with one attached hydrogen (secondary N) is 1. The molecule has 0 saturated carbocycles. The highest BCUT2D eigenvalue weighted by Gasteiger charge is 2.05. The number of carbonyl (C=O) groups excluding carboxylic acids is 1. The van der Waals surface area contributed by atoms with Crippen LogP contribution in [-0.2, 0) is 9.53 Å². The lowest BCUT2D eigenvalue weighted by molar-refractivity contribution is -0.121. The Kier molecular flexibility index (Phi) is 4.25. The van der Waals surface area contributed by atoms with Gasteiger partial charge in [-0.2, -0.15) is 0 Å². The number of carbonyl (C=O) groups is 1. The van der Waals surface area contributed by atoms with Crippen molar-refractivity contribution < 1.29 is 13.9 Å². The van der Waals surface area contributed by atoms with E-state index < -0.39 is 5.82 Å². The van der Waals surface area contributed by atoms with Crippen molar-refractivity contribution in [3.05, 3.63) is 24.0 Å². The van der Waals surface area contributed by atoms with Gasteiger partial charge < -0.3 is 15.8 Å². The van der Waals surface area contributed by atoms with Crippen molar-refractivity contribution in [1.29, 1.82) is 0 Å². The van der Waals surface area contributed by atoms with Crippen molar-refractivity contribution >= 4 is 17.3 Å². The molecule has 0 spiro atoms. The summed E-state index contributed by atoms with van der Waals surface area (Å²) in [7, 11) is 0. The number of nitrogens with two attached hydrogens (primary N) is 1. The van der Waals surface area contributed by atoms with E-state index in [1.54, 1.807) is 0 Å². The average molecular weight is 226 g/mol. The number of rotatable bonds is 4. The minimum absolute atomic E-state index is 0.00239. The highest BCUT2D eigenvalue weighted by molar-refractivity contribution is 5.92. The first-order valence-electron chi connectivity index (χ1n) is 4.95. The van der Waals surface area contributed by atoms with Crippen LogP contribution in [0, 0.1) is 5.82 Å². The van der Waals surface area contributed by atoms with E-state index in [1.165, 1.54) is 18.2 Å². The van der Waals surface area contributed by atoms with E-state index in [4.69, 9.17) is 10.5 Å². The molecule has 0 fully saturated rings. The number of ether oxygens (including phenoxy) is 1. The van der Waals surface area contributed by atoms with E-state index >= 15 is 0 Å². The molecule has 1 aromatic carbocycles. The average Bonchev–Trinajstić information content (AvgIpc) is 2.21. The molecule has 4 nitrogen and oxygen atoms in total. The zero-order valence-corrected chi connectivity index (χ0v) is 9.29. The summed E-state index contributed by atoms with van der Waals surface area (Å²) in [6.07, 6.45) is -0.0102. The van der Waals surface area contributed by atoms with Gasteiger partial charge in [0.1, 0.15) is 12.4 Å².